The number of anilines is 1. The zero-order valence-corrected chi connectivity index (χ0v) is 21.7. The lowest BCUT2D eigenvalue weighted by Crippen LogP contribution is -2.52. The SMILES string of the molecule is CCNC(=O)[C@H](CC)N(Cc1ccc(OC)cc1)C(=O)CN(c1cc(Cl)ccc1C)S(C)(=O)=O. The number of carbonyl (C=O) groups excluding carboxylic acids is 2. The van der Waals surface area contributed by atoms with Gasteiger partial charge in [-0.1, -0.05) is 36.7 Å². The molecule has 0 fully saturated rings. The monoisotopic (exact) mass is 509 g/mol. The molecule has 2 aromatic carbocycles. The molecular weight excluding hydrogens is 478 g/mol. The van der Waals surface area contributed by atoms with E-state index >= 15 is 0 Å². The third kappa shape index (κ3) is 7.11. The van der Waals surface area contributed by atoms with E-state index in [1.165, 1.54) is 11.0 Å². The van der Waals surface area contributed by atoms with Gasteiger partial charge >= 0.3 is 0 Å². The first kappa shape index (κ1) is 27.5. The highest BCUT2D eigenvalue weighted by atomic mass is 35.5. The van der Waals surface area contributed by atoms with Crippen molar-refractivity contribution in [2.24, 2.45) is 0 Å². The molecule has 0 saturated heterocycles. The lowest BCUT2D eigenvalue weighted by Gasteiger charge is -2.33. The van der Waals surface area contributed by atoms with E-state index in [1.54, 1.807) is 57.4 Å². The second-order valence-corrected chi connectivity index (χ2v) is 10.2. The minimum absolute atomic E-state index is 0.130. The third-order valence-corrected chi connectivity index (χ3v) is 6.73. The summed E-state index contributed by atoms with van der Waals surface area (Å²) in [6, 6.07) is 11.2. The summed E-state index contributed by atoms with van der Waals surface area (Å²) in [5, 5.41) is 3.12. The predicted octanol–water partition coefficient (Wildman–Crippen LogP) is 3.37. The molecule has 0 spiro atoms. The fourth-order valence-electron chi connectivity index (χ4n) is 3.59. The molecule has 2 rings (SSSR count). The number of likely N-dealkylation sites (N-methyl/N-ethyl adjacent to an activating group) is 1. The van der Waals surface area contributed by atoms with E-state index in [0.717, 1.165) is 16.1 Å². The van der Waals surface area contributed by atoms with Crippen LogP contribution in [0.4, 0.5) is 5.69 Å². The predicted molar refractivity (Wildman–Crippen MR) is 135 cm³/mol. The molecule has 0 radical (unpaired) electrons. The van der Waals surface area contributed by atoms with Crippen molar-refractivity contribution in [1.29, 1.82) is 0 Å². The molecule has 186 valence electrons. The molecule has 8 nitrogen and oxygen atoms in total. The molecule has 0 aliphatic carbocycles. The molecule has 0 heterocycles. The van der Waals surface area contributed by atoms with Gasteiger partial charge in [-0.05, 0) is 55.7 Å². The Hall–Kier alpha value is -2.78. The van der Waals surface area contributed by atoms with Crippen molar-refractivity contribution in [3.63, 3.8) is 0 Å². The average molecular weight is 510 g/mol. The Bertz CT molecular complexity index is 1110. The van der Waals surface area contributed by atoms with Crippen molar-refractivity contribution < 1.29 is 22.7 Å². The van der Waals surface area contributed by atoms with Crippen LogP contribution < -0.4 is 14.4 Å². The number of methoxy groups -OCH3 is 1. The minimum Gasteiger partial charge on any atom is -0.497 e. The number of sulfonamides is 1. The summed E-state index contributed by atoms with van der Waals surface area (Å²) >= 11 is 6.11. The molecule has 0 unspecified atom stereocenters. The average Bonchev–Trinajstić information content (AvgIpc) is 2.78. The van der Waals surface area contributed by atoms with Crippen molar-refractivity contribution in [2.75, 3.05) is 30.8 Å². The number of ether oxygens (including phenoxy) is 1. The molecule has 2 aromatic rings. The highest BCUT2D eigenvalue weighted by Crippen LogP contribution is 2.27. The van der Waals surface area contributed by atoms with Crippen LogP contribution in [-0.4, -0.2) is 57.6 Å². The van der Waals surface area contributed by atoms with Crippen molar-refractivity contribution in [2.45, 2.75) is 39.8 Å². The van der Waals surface area contributed by atoms with Gasteiger partial charge in [-0.3, -0.25) is 13.9 Å². The van der Waals surface area contributed by atoms with Crippen LogP contribution in [0.25, 0.3) is 0 Å². The zero-order chi connectivity index (χ0) is 25.5. The quantitative estimate of drug-likeness (QED) is 0.501. The zero-order valence-electron chi connectivity index (χ0n) is 20.2. The molecule has 0 aromatic heterocycles. The van der Waals surface area contributed by atoms with E-state index in [1.807, 2.05) is 6.92 Å². The van der Waals surface area contributed by atoms with Gasteiger partial charge in [0.15, 0.2) is 0 Å². The van der Waals surface area contributed by atoms with Crippen LogP contribution in [0.5, 0.6) is 5.75 Å². The lowest BCUT2D eigenvalue weighted by atomic mass is 10.1. The van der Waals surface area contributed by atoms with E-state index in [-0.39, 0.29) is 12.5 Å². The van der Waals surface area contributed by atoms with E-state index in [0.29, 0.717) is 35.0 Å². The second kappa shape index (κ2) is 12.1. The van der Waals surface area contributed by atoms with Gasteiger partial charge in [0, 0.05) is 18.1 Å². The highest BCUT2D eigenvalue weighted by molar-refractivity contribution is 7.92. The maximum atomic E-state index is 13.6. The van der Waals surface area contributed by atoms with Crippen LogP contribution in [0.3, 0.4) is 0 Å². The second-order valence-electron chi connectivity index (χ2n) is 7.89. The largest absolute Gasteiger partial charge is 0.497 e. The van der Waals surface area contributed by atoms with E-state index in [4.69, 9.17) is 16.3 Å². The van der Waals surface area contributed by atoms with Gasteiger partial charge in [0.05, 0.1) is 19.1 Å². The molecule has 0 bridgehead atoms. The summed E-state index contributed by atoms with van der Waals surface area (Å²) in [4.78, 5) is 27.8. The Labute approximate surface area is 206 Å². The number of nitrogens with one attached hydrogen (secondary N) is 1. The molecule has 0 aliphatic heterocycles. The number of hydrogen-bond acceptors (Lipinski definition) is 5. The van der Waals surface area contributed by atoms with Crippen LogP contribution in [0.1, 0.15) is 31.4 Å². The smallest absolute Gasteiger partial charge is 0.244 e. The van der Waals surface area contributed by atoms with Crippen LogP contribution in [0.15, 0.2) is 42.5 Å². The molecule has 0 aliphatic rings. The Morgan fingerprint density at radius 1 is 1.12 bits per heavy atom. The Balaban J connectivity index is 2.46. The van der Waals surface area contributed by atoms with E-state index in [9.17, 15) is 18.0 Å². The lowest BCUT2D eigenvalue weighted by molar-refractivity contribution is -0.140. The van der Waals surface area contributed by atoms with E-state index < -0.39 is 28.5 Å². The number of halogens is 1. The maximum Gasteiger partial charge on any atom is 0.244 e. The van der Waals surface area contributed by atoms with Gasteiger partial charge in [0.1, 0.15) is 18.3 Å². The van der Waals surface area contributed by atoms with Crippen molar-refractivity contribution >= 4 is 39.1 Å². The summed E-state index contributed by atoms with van der Waals surface area (Å²) in [5.41, 5.74) is 1.75. The molecule has 2 amide bonds. The van der Waals surface area contributed by atoms with Crippen molar-refractivity contribution in [3.05, 3.63) is 58.6 Å². The minimum atomic E-state index is -3.82. The standard InChI is InChI=1S/C24H32ClN3O5S/c1-6-21(24(30)26-7-2)27(15-18-9-12-20(33-4)13-10-18)23(29)16-28(34(5,31)32)22-14-19(25)11-8-17(22)3/h8-14,21H,6-7,15-16H2,1-5H3,(H,26,30)/t21-/m0/s1. The van der Waals surface area contributed by atoms with Crippen LogP contribution in [-0.2, 0) is 26.2 Å². The summed E-state index contributed by atoms with van der Waals surface area (Å²) < 4.78 is 31.6. The van der Waals surface area contributed by atoms with Crippen LogP contribution in [0, 0.1) is 6.92 Å². The van der Waals surface area contributed by atoms with Crippen LogP contribution >= 0.6 is 11.6 Å². The molecule has 1 atom stereocenters. The maximum absolute atomic E-state index is 13.6. The Morgan fingerprint density at radius 3 is 2.29 bits per heavy atom. The number of benzene rings is 2. The van der Waals surface area contributed by atoms with Gasteiger partial charge in [0.25, 0.3) is 0 Å². The topological polar surface area (TPSA) is 96.0 Å². The summed E-state index contributed by atoms with van der Waals surface area (Å²) in [6.07, 6.45) is 1.40. The molecule has 0 saturated carbocycles. The normalized spacial score (nSPS) is 12.1. The van der Waals surface area contributed by atoms with Gasteiger partial charge in [-0.2, -0.15) is 0 Å². The number of nitrogens with zero attached hydrogens (tertiary/aromatic N) is 2. The molecule has 1 N–H and O–H groups in total. The first-order chi connectivity index (χ1) is 16.0. The first-order valence-electron chi connectivity index (χ1n) is 11.0. The summed E-state index contributed by atoms with van der Waals surface area (Å²) in [6.45, 7) is 5.43. The Kier molecular flexibility index (Phi) is 9.76. The van der Waals surface area contributed by atoms with E-state index in [2.05, 4.69) is 5.32 Å². The van der Waals surface area contributed by atoms with Gasteiger partial charge in [0.2, 0.25) is 21.8 Å². The number of amides is 2. The number of rotatable bonds is 11. The highest BCUT2D eigenvalue weighted by Gasteiger charge is 2.32. The van der Waals surface area contributed by atoms with Crippen molar-refractivity contribution in [3.8, 4) is 5.75 Å². The third-order valence-electron chi connectivity index (χ3n) is 5.37. The van der Waals surface area contributed by atoms with Gasteiger partial charge in [-0.25, -0.2) is 8.42 Å². The summed E-state index contributed by atoms with van der Waals surface area (Å²) in [7, 11) is -2.26. The fourth-order valence-corrected chi connectivity index (χ4v) is 4.65. The fraction of sp³-hybridized carbons (Fsp3) is 0.417. The van der Waals surface area contributed by atoms with Gasteiger partial charge < -0.3 is 15.0 Å². The summed E-state index contributed by atoms with van der Waals surface area (Å²) in [5.74, 6) is -0.132. The number of hydrogen-bond donors (Lipinski definition) is 1. The van der Waals surface area contributed by atoms with Crippen LogP contribution in [0.2, 0.25) is 5.02 Å². The first-order valence-corrected chi connectivity index (χ1v) is 13.2. The number of carbonyl (C=O) groups is 2. The molecule has 10 heteroatoms. The molecule has 34 heavy (non-hydrogen) atoms. The molecular formula is C24H32ClN3O5S. The Morgan fingerprint density at radius 2 is 1.76 bits per heavy atom. The van der Waals surface area contributed by atoms with Crippen molar-refractivity contribution in [1.82, 2.24) is 10.2 Å². The number of aryl methyl sites for hydroxylation is 1. The van der Waals surface area contributed by atoms with Gasteiger partial charge in [-0.15, -0.1) is 0 Å².